The fourth-order valence-electron chi connectivity index (χ4n) is 0.425. The first-order valence-corrected chi connectivity index (χ1v) is 4.32. The number of hydrogen-bond acceptors (Lipinski definition) is 0. The largest absolute Gasteiger partial charge is 0.0955 e. The van der Waals surface area contributed by atoms with E-state index in [9.17, 15) is 0 Å². The quantitative estimate of drug-likeness (QED) is 0.546. The second-order valence-corrected chi connectivity index (χ2v) is 2.19. The summed E-state index contributed by atoms with van der Waals surface area (Å²) < 4.78 is 0. The van der Waals surface area contributed by atoms with Crippen molar-refractivity contribution in [2.24, 2.45) is 0 Å². The molecule has 0 unspecified atom stereocenters. The Balaban J connectivity index is 0. The van der Waals surface area contributed by atoms with E-state index in [1.165, 1.54) is 0 Å². The van der Waals surface area contributed by atoms with Crippen LogP contribution in [0.25, 0.3) is 0 Å². The molecule has 68 valence electrons. The molecule has 0 aromatic carbocycles. The molecule has 0 heteroatoms. The SMILES string of the molecule is C=C(C)C(=C)/C=C\C=C/C.CC. The lowest BCUT2D eigenvalue weighted by Gasteiger charge is -1.93. The van der Waals surface area contributed by atoms with Crippen molar-refractivity contribution < 1.29 is 0 Å². The molecule has 12 heavy (non-hydrogen) atoms. The van der Waals surface area contributed by atoms with Crippen LogP contribution in [0.5, 0.6) is 0 Å². The van der Waals surface area contributed by atoms with E-state index in [0.29, 0.717) is 0 Å². The predicted molar refractivity (Wildman–Crippen MR) is 59.3 cm³/mol. The van der Waals surface area contributed by atoms with Crippen molar-refractivity contribution in [3.63, 3.8) is 0 Å². The third kappa shape index (κ3) is 8.96. The second kappa shape index (κ2) is 9.96. The Kier molecular flexibility index (Phi) is 11.2. The van der Waals surface area contributed by atoms with Crippen LogP contribution in [-0.4, -0.2) is 0 Å². The molecule has 0 aromatic heterocycles. The van der Waals surface area contributed by atoms with E-state index in [0.717, 1.165) is 11.1 Å². The molecule has 0 spiro atoms. The predicted octanol–water partition coefficient (Wildman–Crippen LogP) is 4.28. The van der Waals surface area contributed by atoms with E-state index in [2.05, 4.69) is 13.2 Å². The molecule has 0 rings (SSSR count). The maximum absolute atomic E-state index is 3.81. The first-order valence-electron chi connectivity index (χ1n) is 4.32. The van der Waals surface area contributed by atoms with Crippen molar-refractivity contribution in [1.82, 2.24) is 0 Å². The smallest absolute Gasteiger partial charge is 0.0305 e. The molecule has 0 aliphatic carbocycles. The van der Waals surface area contributed by atoms with Crippen molar-refractivity contribution in [2.45, 2.75) is 27.7 Å². The highest BCUT2D eigenvalue weighted by molar-refractivity contribution is 5.34. The number of hydrogen-bond donors (Lipinski definition) is 0. The molecule has 0 bridgehead atoms. The van der Waals surface area contributed by atoms with Crippen LogP contribution in [0.3, 0.4) is 0 Å². The maximum Gasteiger partial charge on any atom is -0.0305 e. The average Bonchev–Trinajstić information content (AvgIpc) is 2.08. The van der Waals surface area contributed by atoms with Crippen molar-refractivity contribution >= 4 is 0 Å². The first kappa shape index (κ1) is 13.5. The summed E-state index contributed by atoms with van der Waals surface area (Å²) >= 11 is 0. The molecule has 0 radical (unpaired) electrons. The molecule has 0 aromatic rings. The molecular weight excluding hydrogens is 144 g/mol. The van der Waals surface area contributed by atoms with Gasteiger partial charge in [-0.2, -0.15) is 0 Å². The Morgan fingerprint density at radius 2 is 1.58 bits per heavy atom. The lowest BCUT2D eigenvalue weighted by Crippen LogP contribution is -1.72. The number of rotatable bonds is 3. The highest BCUT2D eigenvalue weighted by Crippen LogP contribution is 2.04. The van der Waals surface area contributed by atoms with Gasteiger partial charge in [0, 0.05) is 0 Å². The molecule has 0 nitrogen and oxygen atoms in total. The van der Waals surface area contributed by atoms with Crippen LogP contribution in [0.15, 0.2) is 48.6 Å². The highest BCUT2D eigenvalue weighted by Gasteiger charge is 1.83. The average molecular weight is 164 g/mol. The second-order valence-electron chi connectivity index (χ2n) is 2.19. The Bertz CT molecular complexity index is 180. The minimum absolute atomic E-state index is 0.984. The molecule has 0 saturated heterocycles. The van der Waals surface area contributed by atoms with Crippen LogP contribution in [0.4, 0.5) is 0 Å². The third-order valence-corrected chi connectivity index (χ3v) is 1.15. The zero-order chi connectivity index (χ0) is 9.98. The van der Waals surface area contributed by atoms with E-state index >= 15 is 0 Å². The summed E-state index contributed by atoms with van der Waals surface area (Å²) in [6.07, 6.45) is 7.84. The summed E-state index contributed by atoms with van der Waals surface area (Å²) in [6.45, 7) is 15.5. The van der Waals surface area contributed by atoms with E-state index in [1.807, 2.05) is 52.0 Å². The van der Waals surface area contributed by atoms with Crippen molar-refractivity contribution in [3.05, 3.63) is 48.6 Å². The molecule has 0 fully saturated rings. The van der Waals surface area contributed by atoms with E-state index < -0.39 is 0 Å². The van der Waals surface area contributed by atoms with Gasteiger partial charge in [0.15, 0.2) is 0 Å². The molecule has 0 saturated carbocycles. The standard InChI is InChI=1S/C10H14.C2H6/c1-5-6-7-8-10(4)9(2)3;1-2/h5-8H,2,4H2,1,3H3;1-2H3/b6-5-,8-7-;. The monoisotopic (exact) mass is 164 g/mol. The Labute approximate surface area is 77.0 Å². The number of allylic oxidation sites excluding steroid dienone is 6. The van der Waals surface area contributed by atoms with Gasteiger partial charge in [0.25, 0.3) is 0 Å². The summed E-state index contributed by atoms with van der Waals surface area (Å²) in [5.41, 5.74) is 2.00. The summed E-state index contributed by atoms with van der Waals surface area (Å²) in [7, 11) is 0. The molecule has 0 atom stereocenters. The van der Waals surface area contributed by atoms with Gasteiger partial charge in [-0.15, -0.1) is 0 Å². The summed E-state index contributed by atoms with van der Waals surface area (Å²) in [4.78, 5) is 0. The molecule has 0 N–H and O–H groups in total. The van der Waals surface area contributed by atoms with Crippen LogP contribution < -0.4 is 0 Å². The fraction of sp³-hybridized carbons (Fsp3) is 0.333. The lowest BCUT2D eigenvalue weighted by molar-refractivity contribution is 1.47. The van der Waals surface area contributed by atoms with Crippen molar-refractivity contribution in [1.29, 1.82) is 0 Å². The summed E-state index contributed by atoms with van der Waals surface area (Å²) in [5.74, 6) is 0. The molecule has 0 amide bonds. The van der Waals surface area contributed by atoms with Crippen LogP contribution in [0.1, 0.15) is 27.7 Å². The fourth-order valence-corrected chi connectivity index (χ4v) is 0.425. The third-order valence-electron chi connectivity index (χ3n) is 1.15. The highest BCUT2D eigenvalue weighted by atomic mass is 13.9. The zero-order valence-electron chi connectivity index (χ0n) is 8.72. The Hall–Kier alpha value is -1.04. The van der Waals surface area contributed by atoms with E-state index in [4.69, 9.17) is 0 Å². The van der Waals surface area contributed by atoms with Gasteiger partial charge in [-0.3, -0.25) is 0 Å². The van der Waals surface area contributed by atoms with Gasteiger partial charge in [-0.05, 0) is 19.4 Å². The lowest BCUT2D eigenvalue weighted by atomic mass is 10.1. The molecule has 0 aliphatic rings. The van der Waals surface area contributed by atoms with Crippen LogP contribution in [-0.2, 0) is 0 Å². The maximum atomic E-state index is 3.81. The van der Waals surface area contributed by atoms with Gasteiger partial charge in [0.2, 0.25) is 0 Å². The Morgan fingerprint density at radius 3 is 1.92 bits per heavy atom. The summed E-state index contributed by atoms with van der Waals surface area (Å²) in [5, 5.41) is 0. The van der Waals surface area contributed by atoms with Gasteiger partial charge in [-0.1, -0.05) is 56.9 Å². The van der Waals surface area contributed by atoms with E-state index in [-0.39, 0.29) is 0 Å². The van der Waals surface area contributed by atoms with Crippen LogP contribution in [0, 0.1) is 0 Å². The topological polar surface area (TPSA) is 0 Å². The van der Waals surface area contributed by atoms with Crippen LogP contribution >= 0.6 is 0 Å². The first-order chi connectivity index (χ1) is 5.68. The van der Waals surface area contributed by atoms with Crippen molar-refractivity contribution in [3.8, 4) is 0 Å². The molecule has 0 aliphatic heterocycles. The van der Waals surface area contributed by atoms with Crippen molar-refractivity contribution in [2.75, 3.05) is 0 Å². The minimum Gasteiger partial charge on any atom is -0.0955 e. The zero-order valence-corrected chi connectivity index (χ0v) is 8.72. The van der Waals surface area contributed by atoms with Gasteiger partial charge < -0.3 is 0 Å². The van der Waals surface area contributed by atoms with Crippen LogP contribution in [0.2, 0.25) is 0 Å². The van der Waals surface area contributed by atoms with E-state index in [1.54, 1.807) is 0 Å². The summed E-state index contributed by atoms with van der Waals surface area (Å²) in [6, 6.07) is 0. The van der Waals surface area contributed by atoms with Gasteiger partial charge in [-0.25, -0.2) is 0 Å². The molecule has 0 heterocycles. The van der Waals surface area contributed by atoms with Gasteiger partial charge in [0.05, 0.1) is 0 Å². The van der Waals surface area contributed by atoms with Gasteiger partial charge in [0.1, 0.15) is 0 Å². The molecular formula is C12H20. The van der Waals surface area contributed by atoms with Gasteiger partial charge >= 0.3 is 0 Å². The normalized spacial score (nSPS) is 9.67. The Morgan fingerprint density at radius 1 is 1.08 bits per heavy atom. The minimum atomic E-state index is 0.984.